The summed E-state index contributed by atoms with van der Waals surface area (Å²) in [6.07, 6.45) is 3.33. The molecule has 3 aliphatic rings. The summed E-state index contributed by atoms with van der Waals surface area (Å²) in [6.45, 7) is 5.78. The SMILES string of the molecule is Nc1nc(F)c(-c2ccc(N3CCN(CC4CC4)CC3)cc2)cc1-c1cc2c(cc1F)C(=O)NCC2. The van der Waals surface area contributed by atoms with Gasteiger partial charge >= 0.3 is 0 Å². The third kappa shape index (κ3) is 4.41. The molecule has 2 aromatic carbocycles. The Morgan fingerprint density at radius 3 is 2.42 bits per heavy atom. The minimum atomic E-state index is -0.699. The number of carbonyl (C=O) groups is 1. The number of nitrogens with one attached hydrogen (secondary N) is 1. The summed E-state index contributed by atoms with van der Waals surface area (Å²) in [7, 11) is 0. The number of hydrogen-bond donors (Lipinski definition) is 2. The molecule has 186 valence electrons. The van der Waals surface area contributed by atoms with E-state index in [1.165, 1.54) is 25.5 Å². The van der Waals surface area contributed by atoms with E-state index in [0.717, 1.165) is 43.3 Å². The molecular weight excluding hydrogens is 460 g/mol. The minimum absolute atomic E-state index is 0.0870. The Kier molecular flexibility index (Phi) is 5.84. The largest absolute Gasteiger partial charge is 0.383 e. The summed E-state index contributed by atoms with van der Waals surface area (Å²) in [5.74, 6) is -0.769. The van der Waals surface area contributed by atoms with Crippen molar-refractivity contribution < 1.29 is 13.6 Å². The van der Waals surface area contributed by atoms with Gasteiger partial charge in [-0.15, -0.1) is 0 Å². The summed E-state index contributed by atoms with van der Waals surface area (Å²) in [5.41, 5.74) is 9.63. The number of benzene rings is 2. The van der Waals surface area contributed by atoms with E-state index in [-0.39, 0.29) is 22.9 Å². The Bertz CT molecular complexity index is 1310. The molecule has 8 heteroatoms. The Hall–Kier alpha value is -3.52. The molecule has 0 spiro atoms. The number of nitrogens with two attached hydrogens (primary N) is 1. The molecule has 3 aromatic rings. The Morgan fingerprint density at radius 2 is 1.69 bits per heavy atom. The lowest BCUT2D eigenvalue weighted by atomic mass is 9.93. The number of rotatable bonds is 5. The molecule has 0 atom stereocenters. The molecule has 0 unspecified atom stereocenters. The number of nitrogens with zero attached hydrogens (tertiary/aromatic N) is 3. The van der Waals surface area contributed by atoms with Crippen LogP contribution < -0.4 is 16.0 Å². The predicted molar refractivity (Wildman–Crippen MR) is 137 cm³/mol. The molecule has 6 nitrogen and oxygen atoms in total. The third-order valence-corrected chi connectivity index (χ3v) is 7.54. The second-order valence-electron chi connectivity index (χ2n) is 10.0. The molecular formula is C28H29F2N5O. The van der Waals surface area contributed by atoms with Crippen LogP contribution in [0.2, 0.25) is 0 Å². The normalized spacial score (nSPS) is 18.2. The molecule has 3 heterocycles. The Labute approximate surface area is 209 Å². The number of fused-ring (bicyclic) bond motifs is 1. The van der Waals surface area contributed by atoms with Gasteiger partial charge < -0.3 is 16.0 Å². The number of pyridine rings is 1. The molecule has 1 aliphatic carbocycles. The fourth-order valence-electron chi connectivity index (χ4n) is 5.28. The number of nitrogen functional groups attached to an aromatic ring is 1. The van der Waals surface area contributed by atoms with E-state index < -0.39 is 11.8 Å². The average Bonchev–Trinajstić information content (AvgIpc) is 3.69. The smallest absolute Gasteiger partial charge is 0.251 e. The van der Waals surface area contributed by atoms with Gasteiger partial charge in [0.2, 0.25) is 5.95 Å². The highest BCUT2D eigenvalue weighted by molar-refractivity contribution is 5.97. The van der Waals surface area contributed by atoms with Crippen molar-refractivity contribution in [1.82, 2.24) is 15.2 Å². The summed E-state index contributed by atoms with van der Waals surface area (Å²) in [4.78, 5) is 20.9. The van der Waals surface area contributed by atoms with E-state index >= 15 is 4.39 Å². The summed E-state index contributed by atoms with van der Waals surface area (Å²) in [6, 6.07) is 12.2. The van der Waals surface area contributed by atoms with Crippen molar-refractivity contribution in [3.63, 3.8) is 0 Å². The second kappa shape index (κ2) is 9.17. The van der Waals surface area contributed by atoms with Crippen molar-refractivity contribution >= 4 is 17.4 Å². The van der Waals surface area contributed by atoms with Crippen LogP contribution in [0.3, 0.4) is 0 Å². The first-order chi connectivity index (χ1) is 17.5. The fraction of sp³-hybridized carbons (Fsp3) is 0.357. The zero-order chi connectivity index (χ0) is 24.8. The lowest BCUT2D eigenvalue weighted by Crippen LogP contribution is -2.47. The first-order valence-corrected chi connectivity index (χ1v) is 12.6. The highest BCUT2D eigenvalue weighted by atomic mass is 19.1. The van der Waals surface area contributed by atoms with E-state index in [2.05, 4.69) is 20.1 Å². The van der Waals surface area contributed by atoms with Gasteiger partial charge in [0, 0.05) is 67.2 Å². The maximum absolute atomic E-state index is 15.0. The van der Waals surface area contributed by atoms with Gasteiger partial charge in [-0.3, -0.25) is 9.69 Å². The molecule has 0 radical (unpaired) electrons. The van der Waals surface area contributed by atoms with Crippen LogP contribution in [0.1, 0.15) is 28.8 Å². The van der Waals surface area contributed by atoms with Crippen molar-refractivity contribution in [3.8, 4) is 22.3 Å². The van der Waals surface area contributed by atoms with Crippen molar-refractivity contribution in [2.24, 2.45) is 5.92 Å². The predicted octanol–water partition coefficient (Wildman–Crippen LogP) is 4.09. The van der Waals surface area contributed by atoms with Gasteiger partial charge in [0.1, 0.15) is 11.6 Å². The number of piperazine rings is 1. The molecule has 2 fully saturated rings. The van der Waals surface area contributed by atoms with Gasteiger partial charge in [-0.2, -0.15) is 4.39 Å². The van der Waals surface area contributed by atoms with Gasteiger partial charge in [0.25, 0.3) is 5.91 Å². The third-order valence-electron chi connectivity index (χ3n) is 7.54. The van der Waals surface area contributed by atoms with Crippen LogP contribution in [-0.2, 0) is 6.42 Å². The Balaban J connectivity index is 1.26. The zero-order valence-corrected chi connectivity index (χ0v) is 20.1. The van der Waals surface area contributed by atoms with E-state index in [1.54, 1.807) is 12.1 Å². The molecule has 1 aromatic heterocycles. The van der Waals surface area contributed by atoms with Crippen molar-refractivity contribution in [2.45, 2.75) is 19.3 Å². The van der Waals surface area contributed by atoms with Gasteiger partial charge in [-0.25, -0.2) is 9.37 Å². The zero-order valence-electron chi connectivity index (χ0n) is 20.1. The molecule has 0 bridgehead atoms. The van der Waals surface area contributed by atoms with Crippen LogP contribution in [0.4, 0.5) is 20.3 Å². The van der Waals surface area contributed by atoms with Crippen molar-refractivity contribution in [3.05, 3.63) is 65.4 Å². The number of carbonyl (C=O) groups excluding carboxylic acids is 1. The van der Waals surface area contributed by atoms with Crippen LogP contribution >= 0.6 is 0 Å². The summed E-state index contributed by atoms with van der Waals surface area (Å²) >= 11 is 0. The minimum Gasteiger partial charge on any atom is -0.383 e. The number of anilines is 2. The van der Waals surface area contributed by atoms with Gasteiger partial charge in [0.15, 0.2) is 0 Å². The highest BCUT2D eigenvalue weighted by Crippen LogP contribution is 2.35. The fourth-order valence-corrected chi connectivity index (χ4v) is 5.28. The maximum atomic E-state index is 15.0. The van der Waals surface area contributed by atoms with Crippen LogP contribution in [0.5, 0.6) is 0 Å². The number of halogens is 2. The maximum Gasteiger partial charge on any atom is 0.251 e. The summed E-state index contributed by atoms with van der Waals surface area (Å²) in [5, 5.41) is 2.72. The van der Waals surface area contributed by atoms with Crippen LogP contribution in [0, 0.1) is 17.7 Å². The van der Waals surface area contributed by atoms with Crippen molar-refractivity contribution in [2.75, 3.05) is 49.9 Å². The van der Waals surface area contributed by atoms with Crippen LogP contribution in [-0.4, -0.2) is 55.1 Å². The molecule has 1 amide bonds. The topological polar surface area (TPSA) is 74.5 Å². The number of amides is 1. The quantitative estimate of drug-likeness (QED) is 0.528. The van der Waals surface area contributed by atoms with Gasteiger partial charge in [-0.05, 0) is 66.6 Å². The molecule has 2 aliphatic heterocycles. The van der Waals surface area contributed by atoms with E-state index in [9.17, 15) is 9.18 Å². The molecule has 1 saturated heterocycles. The van der Waals surface area contributed by atoms with E-state index in [0.29, 0.717) is 29.7 Å². The van der Waals surface area contributed by atoms with Gasteiger partial charge in [-0.1, -0.05) is 12.1 Å². The monoisotopic (exact) mass is 489 g/mol. The van der Waals surface area contributed by atoms with E-state index in [1.807, 2.05) is 24.3 Å². The van der Waals surface area contributed by atoms with Crippen molar-refractivity contribution in [1.29, 1.82) is 0 Å². The second-order valence-corrected chi connectivity index (χ2v) is 10.0. The summed E-state index contributed by atoms with van der Waals surface area (Å²) < 4.78 is 30.0. The van der Waals surface area contributed by atoms with E-state index in [4.69, 9.17) is 5.73 Å². The highest BCUT2D eigenvalue weighted by Gasteiger charge is 2.27. The Morgan fingerprint density at radius 1 is 0.944 bits per heavy atom. The molecule has 36 heavy (non-hydrogen) atoms. The number of hydrogen-bond acceptors (Lipinski definition) is 5. The molecule has 3 N–H and O–H groups in total. The first kappa shape index (κ1) is 22.9. The van der Waals surface area contributed by atoms with Gasteiger partial charge in [0.05, 0.1) is 0 Å². The average molecular weight is 490 g/mol. The lowest BCUT2D eigenvalue weighted by molar-refractivity contribution is 0.0945. The molecule has 6 rings (SSSR count). The first-order valence-electron chi connectivity index (χ1n) is 12.6. The number of aromatic nitrogens is 1. The van der Waals surface area contributed by atoms with Crippen LogP contribution in [0.15, 0.2) is 42.5 Å². The molecule has 1 saturated carbocycles. The lowest BCUT2D eigenvalue weighted by Gasteiger charge is -2.36. The standard InChI is InChI=1S/C28H29F2N5O/c29-25-15-22-19(7-8-32-28(22)36)13-23(25)24-14-21(26(30)33-27(24)31)18-3-5-20(6-4-18)35-11-9-34(10-12-35)16-17-1-2-17/h3-6,13-15,17H,1-2,7-12,16H2,(H2,31,33)(H,32,36). The van der Waals surface area contributed by atoms with Crippen LogP contribution in [0.25, 0.3) is 22.3 Å².